The number of methoxy groups -OCH3 is 1. The van der Waals surface area contributed by atoms with E-state index >= 15 is 0 Å². The van der Waals surface area contributed by atoms with Gasteiger partial charge in [-0.2, -0.15) is 0 Å². The molecule has 0 aliphatic heterocycles. The summed E-state index contributed by atoms with van der Waals surface area (Å²) in [7, 11) is 1.59. The third-order valence-corrected chi connectivity index (χ3v) is 3.04. The topological polar surface area (TPSA) is 76.4 Å². The maximum Gasteiger partial charge on any atom is 0.319 e. The standard InChI is InChI=1S/C16H19N3O2/c1-21-15-4-2-3-14(9-15)19-16(20)18-11-13-7-5-12(10-17)6-8-13/h2-9H,10-11,17H2,1H3,(H2,18,19,20). The number of carbonyl (C=O) groups excluding carboxylic acids is 1. The van der Waals surface area contributed by atoms with Crippen molar-refractivity contribution >= 4 is 11.7 Å². The zero-order chi connectivity index (χ0) is 15.1. The number of rotatable bonds is 5. The molecule has 0 aliphatic carbocycles. The van der Waals surface area contributed by atoms with Crippen molar-refractivity contribution < 1.29 is 9.53 Å². The summed E-state index contributed by atoms with van der Waals surface area (Å²) in [6, 6.07) is 14.8. The summed E-state index contributed by atoms with van der Waals surface area (Å²) in [6.07, 6.45) is 0. The Morgan fingerprint density at radius 2 is 1.86 bits per heavy atom. The molecule has 0 saturated heterocycles. The zero-order valence-electron chi connectivity index (χ0n) is 11.9. The van der Waals surface area contributed by atoms with Gasteiger partial charge in [0.25, 0.3) is 0 Å². The molecule has 2 aromatic carbocycles. The normalized spacial score (nSPS) is 10.0. The SMILES string of the molecule is COc1cccc(NC(=O)NCc2ccc(CN)cc2)c1. The minimum Gasteiger partial charge on any atom is -0.497 e. The zero-order valence-corrected chi connectivity index (χ0v) is 11.9. The summed E-state index contributed by atoms with van der Waals surface area (Å²) in [5, 5.41) is 5.56. The summed E-state index contributed by atoms with van der Waals surface area (Å²) in [5.74, 6) is 0.699. The van der Waals surface area contributed by atoms with Gasteiger partial charge < -0.3 is 21.1 Å². The number of nitrogens with one attached hydrogen (secondary N) is 2. The molecule has 2 aromatic rings. The molecule has 0 fully saturated rings. The first-order valence-corrected chi connectivity index (χ1v) is 6.68. The minimum atomic E-state index is -0.258. The molecule has 0 saturated carbocycles. The van der Waals surface area contributed by atoms with E-state index in [9.17, 15) is 4.79 Å². The van der Waals surface area contributed by atoms with Crippen LogP contribution in [-0.4, -0.2) is 13.1 Å². The second kappa shape index (κ2) is 7.31. The molecule has 0 atom stereocenters. The van der Waals surface area contributed by atoms with E-state index < -0.39 is 0 Å². The third-order valence-electron chi connectivity index (χ3n) is 3.04. The van der Waals surface area contributed by atoms with Crippen molar-refractivity contribution in [2.24, 2.45) is 5.73 Å². The fourth-order valence-electron chi connectivity index (χ4n) is 1.85. The molecule has 4 N–H and O–H groups in total. The maximum absolute atomic E-state index is 11.8. The first kappa shape index (κ1) is 14.9. The fourth-order valence-corrected chi connectivity index (χ4v) is 1.85. The van der Waals surface area contributed by atoms with Gasteiger partial charge in [0.15, 0.2) is 0 Å². The summed E-state index contributed by atoms with van der Waals surface area (Å²) in [5.41, 5.74) is 8.32. The highest BCUT2D eigenvalue weighted by Crippen LogP contribution is 2.16. The highest BCUT2D eigenvalue weighted by molar-refractivity contribution is 5.89. The van der Waals surface area contributed by atoms with Crippen molar-refractivity contribution in [2.45, 2.75) is 13.1 Å². The third kappa shape index (κ3) is 4.50. The van der Waals surface area contributed by atoms with Crippen LogP contribution in [0.25, 0.3) is 0 Å². The van der Waals surface area contributed by atoms with Crippen molar-refractivity contribution in [1.29, 1.82) is 0 Å². The van der Waals surface area contributed by atoms with Gasteiger partial charge in [-0.25, -0.2) is 4.79 Å². The second-order valence-electron chi connectivity index (χ2n) is 4.56. The van der Waals surface area contributed by atoms with E-state index in [2.05, 4.69) is 10.6 Å². The van der Waals surface area contributed by atoms with Gasteiger partial charge in [0.05, 0.1) is 7.11 Å². The Labute approximate surface area is 124 Å². The molecular weight excluding hydrogens is 266 g/mol. The quantitative estimate of drug-likeness (QED) is 0.790. The highest BCUT2D eigenvalue weighted by atomic mass is 16.5. The van der Waals surface area contributed by atoms with Crippen LogP contribution in [0.15, 0.2) is 48.5 Å². The lowest BCUT2D eigenvalue weighted by Crippen LogP contribution is -2.28. The summed E-state index contributed by atoms with van der Waals surface area (Å²) in [4.78, 5) is 11.8. The van der Waals surface area contributed by atoms with Crippen molar-refractivity contribution in [3.8, 4) is 5.75 Å². The Morgan fingerprint density at radius 3 is 2.52 bits per heavy atom. The predicted octanol–water partition coefficient (Wildman–Crippen LogP) is 2.48. The van der Waals surface area contributed by atoms with E-state index in [0.717, 1.165) is 11.1 Å². The number of urea groups is 1. The van der Waals surface area contributed by atoms with Crippen molar-refractivity contribution in [3.63, 3.8) is 0 Å². The number of hydrogen-bond acceptors (Lipinski definition) is 3. The molecule has 110 valence electrons. The Morgan fingerprint density at radius 1 is 1.14 bits per heavy atom. The van der Waals surface area contributed by atoms with Gasteiger partial charge in [0, 0.05) is 24.8 Å². The lowest BCUT2D eigenvalue weighted by molar-refractivity contribution is 0.251. The van der Waals surface area contributed by atoms with Crippen LogP contribution in [0.2, 0.25) is 0 Å². The molecule has 0 aromatic heterocycles. The highest BCUT2D eigenvalue weighted by Gasteiger charge is 2.02. The summed E-state index contributed by atoms with van der Waals surface area (Å²) in [6.45, 7) is 0.977. The van der Waals surface area contributed by atoms with Gasteiger partial charge in [-0.05, 0) is 23.3 Å². The number of ether oxygens (including phenoxy) is 1. The molecule has 0 bridgehead atoms. The first-order valence-electron chi connectivity index (χ1n) is 6.68. The van der Waals surface area contributed by atoms with Crippen molar-refractivity contribution in [3.05, 3.63) is 59.7 Å². The van der Waals surface area contributed by atoms with E-state index in [-0.39, 0.29) is 6.03 Å². The first-order chi connectivity index (χ1) is 10.2. The minimum absolute atomic E-state index is 0.258. The molecule has 0 aliphatic rings. The number of nitrogens with two attached hydrogens (primary N) is 1. The molecule has 2 amide bonds. The molecule has 0 heterocycles. The molecule has 21 heavy (non-hydrogen) atoms. The average molecular weight is 285 g/mol. The average Bonchev–Trinajstić information content (AvgIpc) is 2.53. The van der Waals surface area contributed by atoms with E-state index in [4.69, 9.17) is 10.5 Å². The van der Waals surface area contributed by atoms with E-state index in [0.29, 0.717) is 24.5 Å². The molecule has 2 rings (SSSR count). The van der Waals surface area contributed by atoms with Gasteiger partial charge in [-0.15, -0.1) is 0 Å². The van der Waals surface area contributed by atoms with Crippen LogP contribution < -0.4 is 21.1 Å². The Hall–Kier alpha value is -2.53. The van der Waals surface area contributed by atoms with E-state index in [1.165, 1.54) is 0 Å². The van der Waals surface area contributed by atoms with E-state index in [1.54, 1.807) is 19.2 Å². The number of carbonyl (C=O) groups is 1. The molecule has 5 nitrogen and oxygen atoms in total. The molecule has 0 unspecified atom stereocenters. The molecular formula is C16H19N3O2. The van der Waals surface area contributed by atoms with Crippen LogP contribution in [0, 0.1) is 0 Å². The predicted molar refractivity (Wildman–Crippen MR) is 83.2 cm³/mol. The maximum atomic E-state index is 11.8. The largest absolute Gasteiger partial charge is 0.497 e. The monoisotopic (exact) mass is 285 g/mol. The number of hydrogen-bond donors (Lipinski definition) is 3. The molecule has 0 radical (unpaired) electrons. The lowest BCUT2D eigenvalue weighted by atomic mass is 10.1. The molecule has 0 spiro atoms. The lowest BCUT2D eigenvalue weighted by Gasteiger charge is -2.09. The van der Waals surface area contributed by atoms with E-state index in [1.807, 2.05) is 36.4 Å². The second-order valence-corrected chi connectivity index (χ2v) is 4.56. The summed E-state index contributed by atoms with van der Waals surface area (Å²) < 4.78 is 5.11. The van der Waals surface area contributed by atoms with Gasteiger partial charge >= 0.3 is 6.03 Å². The van der Waals surface area contributed by atoms with Crippen LogP contribution in [0.3, 0.4) is 0 Å². The van der Waals surface area contributed by atoms with Gasteiger partial charge in [-0.3, -0.25) is 0 Å². The number of amides is 2. The fraction of sp³-hybridized carbons (Fsp3) is 0.188. The number of anilines is 1. The van der Waals surface area contributed by atoms with Crippen LogP contribution in [0.4, 0.5) is 10.5 Å². The van der Waals surface area contributed by atoms with Crippen LogP contribution in [0.5, 0.6) is 5.75 Å². The Kier molecular flexibility index (Phi) is 5.17. The Balaban J connectivity index is 1.86. The van der Waals surface area contributed by atoms with Crippen LogP contribution in [0.1, 0.15) is 11.1 Å². The van der Waals surface area contributed by atoms with Crippen LogP contribution >= 0.6 is 0 Å². The van der Waals surface area contributed by atoms with Gasteiger partial charge in [-0.1, -0.05) is 30.3 Å². The summed E-state index contributed by atoms with van der Waals surface area (Å²) >= 11 is 0. The smallest absolute Gasteiger partial charge is 0.319 e. The number of benzene rings is 2. The van der Waals surface area contributed by atoms with Gasteiger partial charge in [0.1, 0.15) is 5.75 Å². The van der Waals surface area contributed by atoms with Gasteiger partial charge in [0.2, 0.25) is 0 Å². The van der Waals surface area contributed by atoms with Crippen molar-refractivity contribution in [1.82, 2.24) is 5.32 Å². The van der Waals surface area contributed by atoms with Crippen molar-refractivity contribution in [2.75, 3.05) is 12.4 Å². The Bertz CT molecular complexity index is 597. The van der Waals surface area contributed by atoms with Crippen LogP contribution in [-0.2, 0) is 13.1 Å². The molecule has 5 heteroatoms.